The number of hydrogen-bond acceptors (Lipinski definition) is 4. The van der Waals surface area contributed by atoms with Gasteiger partial charge in [0.05, 0.1) is 4.90 Å². The molecule has 6 heteroatoms. The molecule has 116 valence electrons. The van der Waals surface area contributed by atoms with Crippen molar-refractivity contribution in [3.8, 4) is 0 Å². The Morgan fingerprint density at radius 2 is 2.05 bits per heavy atom. The summed E-state index contributed by atoms with van der Waals surface area (Å²) in [6.07, 6.45) is 2.90. The quantitative estimate of drug-likeness (QED) is 0.712. The Morgan fingerprint density at radius 3 is 2.65 bits per heavy atom. The van der Waals surface area contributed by atoms with Crippen molar-refractivity contribution in [3.63, 3.8) is 0 Å². The molecule has 0 fully saturated rings. The smallest absolute Gasteiger partial charge is 0.244 e. The Kier molecular flexibility index (Phi) is 7.15. The number of rotatable bonds is 9. The van der Waals surface area contributed by atoms with E-state index in [-0.39, 0.29) is 6.04 Å². The lowest BCUT2D eigenvalue weighted by atomic mass is 10.2. The number of hydrogen-bond donors (Lipinski definition) is 1. The highest BCUT2D eigenvalue weighted by Crippen LogP contribution is 2.26. The molecule has 1 unspecified atom stereocenters. The summed E-state index contributed by atoms with van der Waals surface area (Å²) in [6, 6.07) is 1.75. The SMILES string of the molecule is CCCNCc1sccc1S(=O)(=O)N(C)C(C)CCC. The van der Waals surface area contributed by atoms with Gasteiger partial charge in [0, 0.05) is 24.5 Å². The second-order valence-electron chi connectivity index (χ2n) is 5.04. The Morgan fingerprint density at radius 1 is 1.35 bits per heavy atom. The van der Waals surface area contributed by atoms with E-state index >= 15 is 0 Å². The zero-order chi connectivity index (χ0) is 15.2. The van der Waals surface area contributed by atoms with E-state index in [1.165, 1.54) is 15.6 Å². The van der Waals surface area contributed by atoms with E-state index in [1.54, 1.807) is 13.1 Å². The van der Waals surface area contributed by atoms with Crippen molar-refractivity contribution >= 4 is 21.4 Å². The second-order valence-corrected chi connectivity index (χ2v) is 8.01. The molecule has 0 radical (unpaired) electrons. The number of sulfonamides is 1. The second kappa shape index (κ2) is 8.12. The molecule has 0 aliphatic heterocycles. The van der Waals surface area contributed by atoms with E-state index in [4.69, 9.17) is 0 Å². The zero-order valence-corrected chi connectivity index (χ0v) is 14.5. The van der Waals surface area contributed by atoms with Gasteiger partial charge in [-0.15, -0.1) is 11.3 Å². The molecule has 0 aromatic carbocycles. The van der Waals surface area contributed by atoms with E-state index in [0.717, 1.165) is 30.7 Å². The van der Waals surface area contributed by atoms with Crippen molar-refractivity contribution in [1.82, 2.24) is 9.62 Å². The first-order chi connectivity index (χ1) is 9.45. The summed E-state index contributed by atoms with van der Waals surface area (Å²) in [6.45, 7) is 7.65. The van der Waals surface area contributed by atoms with Gasteiger partial charge in [-0.05, 0) is 37.8 Å². The first-order valence-electron chi connectivity index (χ1n) is 7.20. The molecule has 0 aliphatic rings. The van der Waals surface area contributed by atoms with E-state index in [9.17, 15) is 8.42 Å². The van der Waals surface area contributed by atoms with Crippen molar-refractivity contribution in [3.05, 3.63) is 16.3 Å². The number of nitrogens with one attached hydrogen (secondary N) is 1. The molecule has 4 nitrogen and oxygen atoms in total. The summed E-state index contributed by atoms with van der Waals surface area (Å²) in [5, 5.41) is 5.13. The lowest BCUT2D eigenvalue weighted by Gasteiger charge is -2.24. The van der Waals surface area contributed by atoms with Crippen LogP contribution < -0.4 is 5.32 Å². The predicted octanol–water partition coefficient (Wildman–Crippen LogP) is 3.06. The van der Waals surface area contributed by atoms with Gasteiger partial charge in [0.2, 0.25) is 10.0 Å². The summed E-state index contributed by atoms with van der Waals surface area (Å²) >= 11 is 1.50. The third-order valence-electron chi connectivity index (χ3n) is 3.40. The summed E-state index contributed by atoms with van der Waals surface area (Å²) in [5.41, 5.74) is 0. The highest BCUT2D eigenvalue weighted by atomic mass is 32.2. The van der Waals surface area contributed by atoms with Crippen LogP contribution >= 0.6 is 11.3 Å². The standard InChI is InChI=1S/C14H26N2O2S2/c1-5-7-12(3)16(4)20(17,18)14-8-10-19-13(14)11-15-9-6-2/h8,10,12,15H,5-7,9,11H2,1-4H3. The maximum Gasteiger partial charge on any atom is 0.244 e. The Hall–Kier alpha value is -0.430. The zero-order valence-electron chi connectivity index (χ0n) is 12.8. The first kappa shape index (κ1) is 17.6. The number of nitrogens with zero attached hydrogens (tertiary/aromatic N) is 1. The van der Waals surface area contributed by atoms with E-state index in [1.807, 2.05) is 12.3 Å². The van der Waals surface area contributed by atoms with Gasteiger partial charge >= 0.3 is 0 Å². The third-order valence-corrected chi connectivity index (χ3v) is 6.51. The van der Waals surface area contributed by atoms with Crippen LogP contribution in [0.2, 0.25) is 0 Å². The molecule has 0 amide bonds. The van der Waals surface area contributed by atoms with E-state index < -0.39 is 10.0 Å². The van der Waals surface area contributed by atoms with Crippen LogP contribution in [-0.2, 0) is 16.6 Å². The van der Waals surface area contributed by atoms with Crippen molar-refractivity contribution < 1.29 is 8.42 Å². The molecular formula is C14H26N2O2S2. The molecule has 0 spiro atoms. The molecule has 1 aromatic rings. The largest absolute Gasteiger partial charge is 0.312 e. The van der Waals surface area contributed by atoms with Gasteiger partial charge in [0.1, 0.15) is 0 Å². The molecule has 0 saturated carbocycles. The monoisotopic (exact) mass is 318 g/mol. The van der Waals surface area contributed by atoms with E-state index in [2.05, 4.69) is 19.2 Å². The maximum atomic E-state index is 12.7. The molecule has 0 bridgehead atoms. The average molecular weight is 319 g/mol. The molecule has 0 aliphatic carbocycles. The van der Waals surface area contributed by atoms with Crippen LogP contribution in [0.15, 0.2) is 16.3 Å². The summed E-state index contributed by atoms with van der Waals surface area (Å²) in [5.74, 6) is 0. The van der Waals surface area contributed by atoms with Crippen molar-refractivity contribution in [2.24, 2.45) is 0 Å². The Balaban J connectivity index is 2.89. The Labute approximate surface area is 127 Å². The van der Waals surface area contributed by atoms with Crippen molar-refractivity contribution in [1.29, 1.82) is 0 Å². The van der Waals surface area contributed by atoms with Crippen LogP contribution in [-0.4, -0.2) is 32.4 Å². The molecule has 20 heavy (non-hydrogen) atoms. The maximum absolute atomic E-state index is 12.7. The highest BCUT2D eigenvalue weighted by molar-refractivity contribution is 7.89. The van der Waals surface area contributed by atoms with Gasteiger partial charge in [0.15, 0.2) is 0 Å². The van der Waals surface area contributed by atoms with Crippen LogP contribution in [0.3, 0.4) is 0 Å². The molecule has 1 aromatic heterocycles. The molecular weight excluding hydrogens is 292 g/mol. The highest BCUT2D eigenvalue weighted by Gasteiger charge is 2.27. The average Bonchev–Trinajstić information content (AvgIpc) is 2.87. The topological polar surface area (TPSA) is 49.4 Å². The fourth-order valence-electron chi connectivity index (χ4n) is 2.06. The minimum absolute atomic E-state index is 0.0290. The van der Waals surface area contributed by atoms with Crippen molar-refractivity contribution in [2.75, 3.05) is 13.6 Å². The summed E-state index contributed by atoms with van der Waals surface area (Å²) < 4.78 is 26.8. The fraction of sp³-hybridized carbons (Fsp3) is 0.714. The third kappa shape index (κ3) is 4.28. The minimum Gasteiger partial charge on any atom is -0.312 e. The summed E-state index contributed by atoms with van der Waals surface area (Å²) in [4.78, 5) is 1.35. The van der Waals surface area contributed by atoms with Gasteiger partial charge in [-0.25, -0.2) is 8.42 Å². The van der Waals surface area contributed by atoms with Crippen LogP contribution in [0.4, 0.5) is 0 Å². The molecule has 1 heterocycles. The van der Waals surface area contributed by atoms with E-state index in [0.29, 0.717) is 11.4 Å². The molecule has 1 N–H and O–H groups in total. The Bertz CT molecular complexity index is 497. The summed E-state index contributed by atoms with van der Waals surface area (Å²) in [7, 11) is -1.70. The van der Waals surface area contributed by atoms with Crippen molar-refractivity contribution in [2.45, 2.75) is 57.5 Å². The fourth-order valence-corrected chi connectivity index (χ4v) is 4.83. The van der Waals surface area contributed by atoms with Gasteiger partial charge in [0.25, 0.3) is 0 Å². The van der Waals surface area contributed by atoms with Crippen LogP contribution in [0, 0.1) is 0 Å². The van der Waals surface area contributed by atoms with Gasteiger partial charge in [-0.2, -0.15) is 4.31 Å². The number of thiophene rings is 1. The normalized spacial score (nSPS) is 13.8. The van der Waals surface area contributed by atoms with Crippen LogP contribution in [0.1, 0.15) is 44.9 Å². The predicted molar refractivity (Wildman–Crippen MR) is 85.6 cm³/mol. The molecule has 0 saturated heterocycles. The van der Waals surface area contributed by atoms with Crippen LogP contribution in [0.5, 0.6) is 0 Å². The van der Waals surface area contributed by atoms with Gasteiger partial charge in [-0.3, -0.25) is 0 Å². The lowest BCUT2D eigenvalue weighted by molar-refractivity contribution is 0.368. The lowest BCUT2D eigenvalue weighted by Crippen LogP contribution is -2.35. The molecule has 1 atom stereocenters. The minimum atomic E-state index is -3.38. The van der Waals surface area contributed by atoms with Crippen LogP contribution in [0.25, 0.3) is 0 Å². The first-order valence-corrected chi connectivity index (χ1v) is 9.52. The molecule has 1 rings (SSSR count). The van der Waals surface area contributed by atoms with Gasteiger partial charge < -0.3 is 5.32 Å². The van der Waals surface area contributed by atoms with Gasteiger partial charge in [-0.1, -0.05) is 20.3 Å².